The van der Waals surface area contributed by atoms with Crippen molar-refractivity contribution in [3.05, 3.63) is 40.9 Å². The highest BCUT2D eigenvalue weighted by Crippen LogP contribution is 2.41. The predicted octanol–water partition coefficient (Wildman–Crippen LogP) is 4.91. The van der Waals surface area contributed by atoms with Crippen LogP contribution in [0.5, 0.6) is 11.8 Å². The second-order valence-corrected chi connectivity index (χ2v) is 7.76. The fraction of sp³-hybridized carbons (Fsp3) is 0.471. The van der Waals surface area contributed by atoms with Crippen LogP contribution in [0.2, 0.25) is 5.02 Å². The van der Waals surface area contributed by atoms with E-state index in [1.807, 2.05) is 6.07 Å². The Labute approximate surface area is 136 Å². The van der Waals surface area contributed by atoms with Crippen LogP contribution in [-0.2, 0) is 10.8 Å². The largest absolute Gasteiger partial charge is 0.422 e. The summed E-state index contributed by atoms with van der Waals surface area (Å²) in [4.78, 5) is 11.8. The zero-order valence-corrected chi connectivity index (χ0v) is 14.7. The lowest BCUT2D eigenvalue weighted by molar-refractivity contribution is 0.419. The molecule has 1 aromatic heterocycles. The second-order valence-electron chi connectivity index (χ2n) is 7.36. The third kappa shape index (κ3) is 3.74. The van der Waals surface area contributed by atoms with Gasteiger partial charge in [-0.2, -0.15) is 9.97 Å². The van der Waals surface area contributed by atoms with Crippen LogP contribution in [0.1, 0.15) is 52.7 Å². The first-order chi connectivity index (χ1) is 10.1. The van der Waals surface area contributed by atoms with Gasteiger partial charge in [0.05, 0.1) is 5.02 Å². The first kappa shape index (κ1) is 16.7. The molecule has 0 radical (unpaired) electrons. The van der Waals surface area contributed by atoms with Gasteiger partial charge in [-0.15, -0.1) is 0 Å². The predicted molar refractivity (Wildman–Crippen MR) is 88.8 cm³/mol. The minimum absolute atomic E-state index is 0.00926. The molecule has 118 valence electrons. The van der Waals surface area contributed by atoms with Gasteiger partial charge in [0.15, 0.2) is 5.75 Å². The number of benzene rings is 1. The van der Waals surface area contributed by atoms with Gasteiger partial charge < -0.3 is 4.74 Å². The maximum atomic E-state index is 6.50. The van der Waals surface area contributed by atoms with Gasteiger partial charge in [-0.3, -0.25) is 0 Å². The number of nitrogens with zero attached hydrogens (tertiary/aromatic N) is 3. The average molecular weight is 320 g/mol. The van der Waals surface area contributed by atoms with E-state index in [1.165, 1.54) is 18.2 Å². The Morgan fingerprint density at radius 2 is 1.50 bits per heavy atom. The first-order valence-corrected chi connectivity index (χ1v) is 7.61. The lowest BCUT2D eigenvalue weighted by Gasteiger charge is -2.27. The van der Waals surface area contributed by atoms with E-state index in [0.717, 1.165) is 5.56 Å². The Bertz CT molecular complexity index is 658. The monoisotopic (exact) mass is 319 g/mol. The summed E-state index contributed by atoms with van der Waals surface area (Å²) in [6.07, 6.45) is 2.80. The average Bonchev–Trinajstić information content (AvgIpc) is 2.39. The van der Waals surface area contributed by atoms with E-state index in [2.05, 4.69) is 62.6 Å². The number of ether oxygens (including phenoxy) is 1. The lowest BCUT2D eigenvalue weighted by atomic mass is 9.80. The van der Waals surface area contributed by atoms with Crippen molar-refractivity contribution >= 4 is 11.6 Å². The van der Waals surface area contributed by atoms with Crippen molar-refractivity contribution in [3.63, 3.8) is 0 Å². The van der Waals surface area contributed by atoms with Crippen LogP contribution in [0.25, 0.3) is 0 Å². The topological polar surface area (TPSA) is 47.9 Å². The lowest BCUT2D eigenvalue weighted by Crippen LogP contribution is -2.17. The summed E-state index contributed by atoms with van der Waals surface area (Å²) in [5, 5.41) is 0.567. The van der Waals surface area contributed by atoms with Crippen LogP contribution in [0, 0.1) is 0 Å². The van der Waals surface area contributed by atoms with Crippen molar-refractivity contribution in [2.45, 2.75) is 52.4 Å². The minimum atomic E-state index is -0.118. The standard InChI is InChI=1S/C17H22ClN3O/c1-16(2,3)11-7-12(17(4,5)6)14(13(18)8-11)22-15-20-9-19-10-21-15/h7-10H,1-6H3. The van der Waals surface area contributed by atoms with Crippen molar-refractivity contribution in [3.8, 4) is 11.8 Å². The molecule has 0 unspecified atom stereocenters. The van der Waals surface area contributed by atoms with E-state index in [1.54, 1.807) is 0 Å². The van der Waals surface area contributed by atoms with Gasteiger partial charge in [-0.1, -0.05) is 59.2 Å². The summed E-state index contributed by atoms with van der Waals surface area (Å²) in [5.74, 6) is 0.605. The Morgan fingerprint density at radius 1 is 0.909 bits per heavy atom. The first-order valence-electron chi connectivity index (χ1n) is 7.23. The molecule has 0 aliphatic rings. The van der Waals surface area contributed by atoms with Crippen LogP contribution >= 0.6 is 11.6 Å². The van der Waals surface area contributed by atoms with E-state index in [4.69, 9.17) is 16.3 Å². The van der Waals surface area contributed by atoms with Crippen LogP contribution < -0.4 is 4.74 Å². The molecule has 0 aliphatic carbocycles. The zero-order valence-electron chi connectivity index (χ0n) is 13.9. The van der Waals surface area contributed by atoms with Gasteiger partial charge >= 0.3 is 6.01 Å². The van der Waals surface area contributed by atoms with Gasteiger partial charge in [0.25, 0.3) is 0 Å². The summed E-state index contributed by atoms with van der Waals surface area (Å²) in [6.45, 7) is 12.9. The number of aromatic nitrogens is 3. The summed E-state index contributed by atoms with van der Waals surface area (Å²) in [6, 6.07) is 4.35. The van der Waals surface area contributed by atoms with Gasteiger partial charge in [0.2, 0.25) is 0 Å². The van der Waals surface area contributed by atoms with E-state index in [9.17, 15) is 0 Å². The zero-order chi connectivity index (χ0) is 16.5. The number of rotatable bonds is 2. The maximum Gasteiger partial charge on any atom is 0.324 e. The minimum Gasteiger partial charge on any atom is -0.422 e. The highest BCUT2D eigenvalue weighted by Gasteiger charge is 2.26. The molecule has 4 nitrogen and oxygen atoms in total. The molecule has 0 atom stereocenters. The fourth-order valence-corrected chi connectivity index (χ4v) is 2.32. The normalized spacial score (nSPS) is 12.3. The number of hydrogen-bond donors (Lipinski definition) is 0. The molecular formula is C17H22ClN3O. The van der Waals surface area contributed by atoms with Crippen molar-refractivity contribution < 1.29 is 4.74 Å². The van der Waals surface area contributed by atoms with E-state index < -0.39 is 0 Å². The fourth-order valence-electron chi connectivity index (χ4n) is 2.06. The third-order valence-electron chi connectivity index (χ3n) is 3.38. The van der Waals surface area contributed by atoms with Crippen LogP contribution in [0.3, 0.4) is 0 Å². The van der Waals surface area contributed by atoms with Crippen LogP contribution in [-0.4, -0.2) is 15.0 Å². The molecular weight excluding hydrogens is 298 g/mol. The summed E-state index contributed by atoms with van der Waals surface area (Å²) < 4.78 is 5.84. The van der Waals surface area contributed by atoms with Gasteiger partial charge in [-0.25, -0.2) is 4.98 Å². The van der Waals surface area contributed by atoms with Gasteiger partial charge in [0.1, 0.15) is 12.7 Å². The molecule has 2 aromatic rings. The summed E-state index contributed by atoms with van der Waals surface area (Å²) >= 11 is 6.50. The highest BCUT2D eigenvalue weighted by molar-refractivity contribution is 6.32. The molecule has 22 heavy (non-hydrogen) atoms. The summed E-state index contributed by atoms with van der Waals surface area (Å²) in [7, 11) is 0. The molecule has 0 fully saturated rings. The molecule has 5 heteroatoms. The molecule has 0 saturated carbocycles. The summed E-state index contributed by atoms with van der Waals surface area (Å²) in [5.41, 5.74) is 2.10. The van der Waals surface area contributed by atoms with Crippen molar-refractivity contribution in [2.24, 2.45) is 0 Å². The van der Waals surface area contributed by atoms with Crippen LogP contribution in [0.4, 0.5) is 0 Å². The molecule has 0 bridgehead atoms. The maximum absolute atomic E-state index is 6.50. The highest BCUT2D eigenvalue weighted by atomic mass is 35.5. The Balaban J connectivity index is 2.58. The Morgan fingerprint density at radius 3 is 2.00 bits per heavy atom. The molecule has 0 aliphatic heterocycles. The molecule has 0 saturated heterocycles. The van der Waals surface area contributed by atoms with E-state index in [0.29, 0.717) is 10.8 Å². The second kappa shape index (κ2) is 5.84. The van der Waals surface area contributed by atoms with Crippen molar-refractivity contribution in [2.75, 3.05) is 0 Å². The van der Waals surface area contributed by atoms with Crippen LogP contribution in [0.15, 0.2) is 24.8 Å². The molecule has 1 aromatic carbocycles. The Hall–Kier alpha value is -1.68. The number of hydrogen-bond acceptors (Lipinski definition) is 4. The molecule has 2 rings (SSSR count). The molecule has 0 spiro atoms. The van der Waals surface area contributed by atoms with E-state index >= 15 is 0 Å². The van der Waals surface area contributed by atoms with Crippen molar-refractivity contribution in [1.82, 2.24) is 15.0 Å². The quantitative estimate of drug-likeness (QED) is 0.789. The third-order valence-corrected chi connectivity index (χ3v) is 3.66. The van der Waals surface area contributed by atoms with Crippen molar-refractivity contribution in [1.29, 1.82) is 0 Å². The van der Waals surface area contributed by atoms with E-state index in [-0.39, 0.29) is 16.8 Å². The SMILES string of the molecule is CC(C)(C)c1cc(Cl)c(Oc2ncncn2)c(C(C)(C)C)c1. The van der Waals surface area contributed by atoms with Gasteiger partial charge in [0, 0.05) is 5.56 Å². The molecule has 0 amide bonds. The smallest absolute Gasteiger partial charge is 0.324 e. The molecule has 1 heterocycles. The number of halogens is 1. The molecule has 0 N–H and O–H groups in total. The Kier molecular flexibility index (Phi) is 4.43. The van der Waals surface area contributed by atoms with Gasteiger partial charge in [-0.05, 0) is 22.5 Å².